The SMILES string of the molecule is CCCCCOCCN(CCOc1ccc(CC(OCC)C(=O)O)cc1)C(=O)Oc1ccccc1. The summed E-state index contributed by atoms with van der Waals surface area (Å²) in [5.41, 5.74) is 0.839. The lowest BCUT2D eigenvalue weighted by molar-refractivity contribution is -0.149. The fourth-order valence-electron chi connectivity index (χ4n) is 3.31. The van der Waals surface area contributed by atoms with Crippen LogP contribution in [-0.4, -0.2) is 67.7 Å². The maximum Gasteiger partial charge on any atom is 0.415 e. The van der Waals surface area contributed by atoms with Crippen LogP contribution in [0.3, 0.4) is 0 Å². The Labute approximate surface area is 207 Å². The van der Waals surface area contributed by atoms with Crippen molar-refractivity contribution in [1.82, 2.24) is 4.90 Å². The average Bonchev–Trinajstić information content (AvgIpc) is 2.86. The number of carboxylic acids is 1. The first-order chi connectivity index (χ1) is 17.0. The van der Waals surface area contributed by atoms with Crippen LogP contribution in [0.15, 0.2) is 54.6 Å². The first-order valence-corrected chi connectivity index (χ1v) is 12.2. The number of rotatable bonds is 17. The first-order valence-electron chi connectivity index (χ1n) is 12.2. The molecule has 0 aliphatic heterocycles. The van der Waals surface area contributed by atoms with E-state index in [4.69, 9.17) is 18.9 Å². The standard InChI is InChI=1S/C27H37NO7/c1-3-5-9-18-32-19-16-28(27(31)35-24-10-7-6-8-11-24)17-20-34-23-14-12-22(13-15-23)21-25(26(29)30)33-4-2/h6-8,10-15,25H,3-5,9,16-21H2,1-2H3,(H,29,30). The summed E-state index contributed by atoms with van der Waals surface area (Å²) >= 11 is 0. The van der Waals surface area contributed by atoms with Crippen molar-refractivity contribution in [3.8, 4) is 11.5 Å². The number of benzene rings is 2. The molecule has 35 heavy (non-hydrogen) atoms. The molecule has 0 radical (unpaired) electrons. The number of nitrogens with zero attached hydrogens (tertiary/aromatic N) is 1. The Hall–Kier alpha value is -3.10. The van der Waals surface area contributed by atoms with E-state index in [0.29, 0.717) is 44.4 Å². The third-order valence-corrected chi connectivity index (χ3v) is 5.22. The van der Waals surface area contributed by atoms with Crippen molar-refractivity contribution >= 4 is 12.1 Å². The largest absolute Gasteiger partial charge is 0.492 e. The van der Waals surface area contributed by atoms with Gasteiger partial charge >= 0.3 is 12.1 Å². The smallest absolute Gasteiger partial charge is 0.415 e. The highest BCUT2D eigenvalue weighted by Crippen LogP contribution is 2.15. The molecular formula is C27H37NO7. The molecule has 1 atom stereocenters. The lowest BCUT2D eigenvalue weighted by atomic mass is 10.1. The fraction of sp³-hybridized carbons (Fsp3) is 0.481. The average molecular weight is 488 g/mol. The van der Waals surface area contributed by atoms with Gasteiger partial charge in [0, 0.05) is 26.2 Å². The van der Waals surface area contributed by atoms with E-state index >= 15 is 0 Å². The van der Waals surface area contributed by atoms with Crippen LogP contribution in [0.4, 0.5) is 4.79 Å². The molecule has 0 bridgehead atoms. The van der Waals surface area contributed by atoms with Crippen molar-refractivity contribution in [2.45, 2.75) is 45.6 Å². The number of carboxylic acid groups (broad SMARTS) is 1. The second-order valence-corrected chi connectivity index (χ2v) is 7.97. The molecule has 1 amide bonds. The maximum atomic E-state index is 12.7. The normalized spacial score (nSPS) is 11.6. The minimum absolute atomic E-state index is 0.274. The predicted molar refractivity (Wildman–Crippen MR) is 133 cm³/mol. The zero-order chi connectivity index (χ0) is 25.3. The maximum absolute atomic E-state index is 12.7. The Morgan fingerprint density at radius 2 is 1.60 bits per heavy atom. The van der Waals surface area contributed by atoms with E-state index in [-0.39, 0.29) is 13.0 Å². The van der Waals surface area contributed by atoms with E-state index in [1.54, 1.807) is 36.1 Å². The molecule has 0 aliphatic carbocycles. The molecule has 0 spiro atoms. The van der Waals surface area contributed by atoms with Crippen LogP contribution in [0.5, 0.6) is 11.5 Å². The summed E-state index contributed by atoms with van der Waals surface area (Å²) in [7, 11) is 0. The van der Waals surface area contributed by atoms with Crippen molar-refractivity contribution in [3.05, 3.63) is 60.2 Å². The van der Waals surface area contributed by atoms with Crippen LogP contribution < -0.4 is 9.47 Å². The van der Waals surface area contributed by atoms with Gasteiger partial charge in [-0.15, -0.1) is 0 Å². The van der Waals surface area contributed by atoms with E-state index in [1.807, 2.05) is 30.3 Å². The van der Waals surface area contributed by atoms with Gasteiger partial charge in [0.25, 0.3) is 0 Å². The molecule has 1 unspecified atom stereocenters. The van der Waals surface area contributed by atoms with Gasteiger partial charge in [-0.25, -0.2) is 9.59 Å². The highest BCUT2D eigenvalue weighted by molar-refractivity contribution is 5.72. The Kier molecular flexibility index (Phi) is 13.3. The minimum Gasteiger partial charge on any atom is -0.492 e. The molecule has 192 valence electrons. The van der Waals surface area contributed by atoms with Gasteiger partial charge in [-0.3, -0.25) is 0 Å². The van der Waals surface area contributed by atoms with Crippen LogP contribution in [0, 0.1) is 0 Å². The molecule has 1 N–H and O–H groups in total. The number of aliphatic carboxylic acids is 1. The molecule has 2 aromatic carbocycles. The van der Waals surface area contributed by atoms with E-state index in [1.165, 1.54) is 0 Å². The summed E-state index contributed by atoms with van der Waals surface area (Å²) in [5, 5.41) is 9.24. The summed E-state index contributed by atoms with van der Waals surface area (Å²) in [6, 6.07) is 16.1. The van der Waals surface area contributed by atoms with Crippen LogP contribution in [0.25, 0.3) is 0 Å². The lowest BCUT2D eigenvalue weighted by Crippen LogP contribution is -2.39. The highest BCUT2D eigenvalue weighted by atomic mass is 16.6. The van der Waals surface area contributed by atoms with Crippen LogP contribution in [0.1, 0.15) is 38.7 Å². The molecule has 2 aromatic rings. The second kappa shape index (κ2) is 16.5. The molecule has 0 saturated carbocycles. The molecule has 8 heteroatoms. The molecular weight excluding hydrogens is 450 g/mol. The quantitative estimate of drug-likeness (QED) is 0.320. The summed E-state index contributed by atoms with van der Waals surface area (Å²) < 4.78 is 22.2. The topological polar surface area (TPSA) is 94.5 Å². The summed E-state index contributed by atoms with van der Waals surface area (Å²) in [5.74, 6) is 0.128. The van der Waals surface area contributed by atoms with Gasteiger partial charge < -0.3 is 29.0 Å². The number of carbonyl (C=O) groups is 2. The molecule has 0 heterocycles. The van der Waals surface area contributed by atoms with Gasteiger partial charge in [0.2, 0.25) is 0 Å². The zero-order valence-electron chi connectivity index (χ0n) is 20.7. The molecule has 0 aliphatic rings. The Balaban J connectivity index is 1.86. The Morgan fingerprint density at radius 1 is 0.886 bits per heavy atom. The predicted octanol–water partition coefficient (Wildman–Crippen LogP) is 4.81. The third-order valence-electron chi connectivity index (χ3n) is 5.22. The summed E-state index contributed by atoms with van der Waals surface area (Å²) in [6.45, 7) is 6.34. The van der Waals surface area contributed by atoms with E-state index in [0.717, 1.165) is 24.8 Å². The van der Waals surface area contributed by atoms with Crippen molar-refractivity contribution in [1.29, 1.82) is 0 Å². The van der Waals surface area contributed by atoms with Crippen LogP contribution >= 0.6 is 0 Å². The van der Waals surface area contributed by atoms with Crippen LogP contribution in [0.2, 0.25) is 0 Å². The number of unbranched alkanes of at least 4 members (excludes halogenated alkanes) is 2. The number of ether oxygens (including phenoxy) is 4. The minimum atomic E-state index is -0.982. The van der Waals surface area contributed by atoms with Crippen LogP contribution in [-0.2, 0) is 20.7 Å². The fourth-order valence-corrected chi connectivity index (χ4v) is 3.31. The van der Waals surface area contributed by atoms with E-state index < -0.39 is 18.2 Å². The lowest BCUT2D eigenvalue weighted by Gasteiger charge is -2.22. The zero-order valence-corrected chi connectivity index (χ0v) is 20.7. The van der Waals surface area contributed by atoms with Gasteiger partial charge in [0.1, 0.15) is 18.1 Å². The summed E-state index contributed by atoms with van der Waals surface area (Å²) in [4.78, 5) is 25.6. The molecule has 2 rings (SSSR count). The van der Waals surface area contributed by atoms with Gasteiger partial charge in [-0.1, -0.05) is 50.1 Å². The highest BCUT2D eigenvalue weighted by Gasteiger charge is 2.18. The van der Waals surface area contributed by atoms with Gasteiger partial charge in [0.05, 0.1) is 13.2 Å². The third kappa shape index (κ3) is 11.2. The Bertz CT molecular complexity index is 858. The Morgan fingerprint density at radius 3 is 2.26 bits per heavy atom. The second-order valence-electron chi connectivity index (χ2n) is 7.97. The van der Waals surface area contributed by atoms with Crippen molar-refractivity contribution in [2.24, 2.45) is 0 Å². The van der Waals surface area contributed by atoms with Crippen molar-refractivity contribution in [3.63, 3.8) is 0 Å². The van der Waals surface area contributed by atoms with Gasteiger partial charge in [0.15, 0.2) is 6.10 Å². The van der Waals surface area contributed by atoms with Crippen molar-refractivity contribution in [2.75, 3.05) is 39.5 Å². The number of para-hydroxylation sites is 1. The number of hydrogen-bond acceptors (Lipinski definition) is 6. The molecule has 0 saturated heterocycles. The molecule has 0 fully saturated rings. The van der Waals surface area contributed by atoms with Gasteiger partial charge in [-0.2, -0.15) is 0 Å². The van der Waals surface area contributed by atoms with Gasteiger partial charge in [-0.05, 0) is 43.2 Å². The summed E-state index contributed by atoms with van der Waals surface area (Å²) in [6.07, 6.45) is 2.20. The molecule has 8 nitrogen and oxygen atoms in total. The van der Waals surface area contributed by atoms with E-state index in [2.05, 4.69) is 6.92 Å². The number of amides is 1. The van der Waals surface area contributed by atoms with E-state index in [9.17, 15) is 14.7 Å². The molecule has 0 aromatic heterocycles. The first kappa shape index (κ1) is 28.1. The monoisotopic (exact) mass is 487 g/mol. The number of hydrogen-bond donors (Lipinski definition) is 1. The van der Waals surface area contributed by atoms with Crippen molar-refractivity contribution < 1.29 is 33.6 Å². The number of carbonyl (C=O) groups excluding carboxylic acids is 1.